The Balaban J connectivity index is 1.77. The zero-order valence-corrected chi connectivity index (χ0v) is 11.9. The second-order valence-electron chi connectivity index (χ2n) is 5.55. The molecule has 1 unspecified atom stereocenters. The van der Waals surface area contributed by atoms with E-state index in [4.69, 9.17) is 0 Å². The van der Waals surface area contributed by atoms with Gasteiger partial charge < -0.3 is 14.8 Å². The third kappa shape index (κ3) is 2.18. The summed E-state index contributed by atoms with van der Waals surface area (Å²) < 4.78 is 1.92. The van der Waals surface area contributed by atoms with Gasteiger partial charge in [-0.1, -0.05) is 6.92 Å². The average molecular weight is 290 g/mol. The highest BCUT2D eigenvalue weighted by Gasteiger charge is 2.51. The SMILES string of the molecule is CCCn1cccc1C(=O)N1CCC2(C1)NC(=O)NC2=O. The van der Waals surface area contributed by atoms with Crippen LogP contribution in [0.2, 0.25) is 0 Å². The second-order valence-corrected chi connectivity index (χ2v) is 5.55. The van der Waals surface area contributed by atoms with Crippen LogP contribution < -0.4 is 10.6 Å². The number of urea groups is 1. The lowest BCUT2D eigenvalue weighted by molar-refractivity contribution is -0.123. The first-order valence-corrected chi connectivity index (χ1v) is 7.14. The molecule has 1 spiro atoms. The minimum atomic E-state index is -0.949. The minimum Gasteiger partial charge on any atom is -0.344 e. The Morgan fingerprint density at radius 2 is 2.24 bits per heavy atom. The normalized spacial score (nSPS) is 24.5. The van der Waals surface area contributed by atoms with Crippen LogP contribution in [0.25, 0.3) is 0 Å². The van der Waals surface area contributed by atoms with E-state index in [1.54, 1.807) is 11.0 Å². The Morgan fingerprint density at radius 1 is 1.43 bits per heavy atom. The summed E-state index contributed by atoms with van der Waals surface area (Å²) in [5.74, 6) is -0.439. The maximum absolute atomic E-state index is 12.6. The molecule has 1 aromatic rings. The number of likely N-dealkylation sites (tertiary alicyclic amines) is 1. The number of hydrogen-bond donors (Lipinski definition) is 2. The van der Waals surface area contributed by atoms with Crippen molar-refractivity contribution in [2.24, 2.45) is 0 Å². The predicted octanol–water partition coefficient (Wildman–Crippen LogP) is 0.322. The predicted molar refractivity (Wildman–Crippen MR) is 74.6 cm³/mol. The number of nitrogens with zero attached hydrogens (tertiary/aromatic N) is 2. The highest BCUT2D eigenvalue weighted by molar-refractivity contribution is 6.08. The fraction of sp³-hybridized carbons (Fsp3) is 0.500. The zero-order chi connectivity index (χ0) is 15.0. The molecule has 2 saturated heterocycles. The monoisotopic (exact) mass is 290 g/mol. The van der Waals surface area contributed by atoms with E-state index in [0.717, 1.165) is 13.0 Å². The van der Waals surface area contributed by atoms with Crippen LogP contribution in [0.4, 0.5) is 4.79 Å². The number of imide groups is 1. The van der Waals surface area contributed by atoms with E-state index < -0.39 is 11.6 Å². The Kier molecular flexibility index (Phi) is 3.19. The van der Waals surface area contributed by atoms with Gasteiger partial charge in [0, 0.05) is 19.3 Å². The van der Waals surface area contributed by atoms with E-state index in [1.807, 2.05) is 16.8 Å². The van der Waals surface area contributed by atoms with Gasteiger partial charge in [-0.3, -0.25) is 14.9 Å². The van der Waals surface area contributed by atoms with Crippen molar-refractivity contribution in [1.82, 2.24) is 20.1 Å². The lowest BCUT2D eigenvalue weighted by Gasteiger charge is -2.21. The lowest BCUT2D eigenvalue weighted by Crippen LogP contribution is -2.49. The van der Waals surface area contributed by atoms with Gasteiger partial charge in [0.25, 0.3) is 11.8 Å². The maximum Gasteiger partial charge on any atom is 0.322 e. The van der Waals surface area contributed by atoms with Gasteiger partial charge in [0.15, 0.2) is 0 Å². The van der Waals surface area contributed by atoms with Gasteiger partial charge in [0.05, 0.1) is 6.54 Å². The maximum atomic E-state index is 12.6. The molecule has 3 heterocycles. The first kappa shape index (κ1) is 13.7. The highest BCUT2D eigenvalue weighted by Crippen LogP contribution is 2.26. The quantitative estimate of drug-likeness (QED) is 0.787. The van der Waals surface area contributed by atoms with Crippen molar-refractivity contribution in [2.45, 2.75) is 31.8 Å². The molecule has 2 fully saturated rings. The van der Waals surface area contributed by atoms with Crippen LogP contribution in [0.5, 0.6) is 0 Å². The lowest BCUT2D eigenvalue weighted by atomic mass is 10.00. The number of aryl methyl sites for hydroxylation is 1. The Labute approximate surface area is 122 Å². The van der Waals surface area contributed by atoms with Crippen LogP contribution in [0.3, 0.4) is 0 Å². The second kappa shape index (κ2) is 4.91. The molecule has 7 nitrogen and oxygen atoms in total. The van der Waals surface area contributed by atoms with Gasteiger partial charge in [-0.05, 0) is 25.0 Å². The van der Waals surface area contributed by atoms with Crippen LogP contribution in [-0.4, -0.2) is 45.9 Å². The fourth-order valence-electron chi connectivity index (χ4n) is 3.00. The topological polar surface area (TPSA) is 83.4 Å². The number of aromatic nitrogens is 1. The van der Waals surface area contributed by atoms with E-state index in [9.17, 15) is 14.4 Å². The molecule has 0 aromatic carbocycles. The Hall–Kier alpha value is -2.31. The molecule has 2 N–H and O–H groups in total. The van der Waals surface area contributed by atoms with Crippen molar-refractivity contribution in [3.63, 3.8) is 0 Å². The molecular weight excluding hydrogens is 272 g/mol. The Morgan fingerprint density at radius 3 is 2.90 bits per heavy atom. The van der Waals surface area contributed by atoms with Crippen molar-refractivity contribution >= 4 is 17.8 Å². The van der Waals surface area contributed by atoms with Crippen LogP contribution in [0.15, 0.2) is 18.3 Å². The first-order valence-electron chi connectivity index (χ1n) is 7.14. The van der Waals surface area contributed by atoms with Crippen LogP contribution >= 0.6 is 0 Å². The summed E-state index contributed by atoms with van der Waals surface area (Å²) in [6.45, 7) is 3.52. The van der Waals surface area contributed by atoms with E-state index >= 15 is 0 Å². The molecule has 0 radical (unpaired) electrons. The smallest absolute Gasteiger partial charge is 0.322 e. The number of amides is 4. The third-order valence-corrected chi connectivity index (χ3v) is 4.08. The van der Waals surface area contributed by atoms with Crippen molar-refractivity contribution in [3.8, 4) is 0 Å². The average Bonchev–Trinajstić information content (AvgIpc) is 3.11. The summed E-state index contributed by atoms with van der Waals surface area (Å²) in [7, 11) is 0. The summed E-state index contributed by atoms with van der Waals surface area (Å²) in [6, 6.07) is 3.15. The van der Waals surface area contributed by atoms with Crippen LogP contribution in [0.1, 0.15) is 30.3 Å². The molecule has 3 rings (SSSR count). The zero-order valence-electron chi connectivity index (χ0n) is 11.9. The van der Waals surface area contributed by atoms with E-state index in [2.05, 4.69) is 17.6 Å². The molecule has 112 valence electrons. The number of nitrogens with one attached hydrogen (secondary N) is 2. The van der Waals surface area contributed by atoms with Crippen molar-refractivity contribution in [3.05, 3.63) is 24.0 Å². The third-order valence-electron chi connectivity index (χ3n) is 4.08. The van der Waals surface area contributed by atoms with Crippen molar-refractivity contribution < 1.29 is 14.4 Å². The number of rotatable bonds is 3. The molecule has 21 heavy (non-hydrogen) atoms. The number of carbonyl (C=O) groups is 3. The molecule has 0 saturated carbocycles. The number of carbonyl (C=O) groups excluding carboxylic acids is 3. The largest absolute Gasteiger partial charge is 0.344 e. The van der Waals surface area contributed by atoms with Gasteiger partial charge >= 0.3 is 6.03 Å². The van der Waals surface area contributed by atoms with Gasteiger partial charge in [0.2, 0.25) is 0 Å². The molecule has 2 aliphatic rings. The van der Waals surface area contributed by atoms with E-state index in [1.165, 1.54) is 0 Å². The summed E-state index contributed by atoms with van der Waals surface area (Å²) in [4.78, 5) is 37.4. The summed E-state index contributed by atoms with van der Waals surface area (Å²) >= 11 is 0. The summed E-state index contributed by atoms with van der Waals surface area (Å²) in [5, 5.41) is 4.89. The minimum absolute atomic E-state index is 0.0979. The standard InChI is InChI=1S/C14H18N4O3/c1-2-6-17-7-3-4-10(17)11(19)18-8-5-14(9-18)12(20)15-13(21)16-14/h3-4,7H,2,5-6,8-9H2,1H3,(H2,15,16,20,21). The van der Waals surface area contributed by atoms with Crippen molar-refractivity contribution in [2.75, 3.05) is 13.1 Å². The first-order chi connectivity index (χ1) is 10.1. The van der Waals surface area contributed by atoms with Gasteiger partial charge in [0.1, 0.15) is 11.2 Å². The molecule has 0 bridgehead atoms. The summed E-state index contributed by atoms with van der Waals surface area (Å²) in [5.41, 5.74) is -0.326. The molecule has 4 amide bonds. The van der Waals surface area contributed by atoms with Crippen LogP contribution in [0, 0.1) is 0 Å². The molecule has 2 aliphatic heterocycles. The number of hydrogen-bond acceptors (Lipinski definition) is 3. The highest BCUT2D eigenvalue weighted by atomic mass is 16.2. The van der Waals surface area contributed by atoms with Crippen LogP contribution in [-0.2, 0) is 11.3 Å². The van der Waals surface area contributed by atoms with Gasteiger partial charge in [-0.2, -0.15) is 0 Å². The van der Waals surface area contributed by atoms with Crippen molar-refractivity contribution in [1.29, 1.82) is 0 Å². The van der Waals surface area contributed by atoms with E-state index in [0.29, 0.717) is 18.7 Å². The molecule has 7 heteroatoms. The van der Waals surface area contributed by atoms with Gasteiger partial charge in [-0.25, -0.2) is 4.79 Å². The van der Waals surface area contributed by atoms with E-state index in [-0.39, 0.29) is 18.4 Å². The molecule has 1 atom stereocenters. The summed E-state index contributed by atoms with van der Waals surface area (Å²) in [6.07, 6.45) is 3.27. The molecule has 0 aliphatic carbocycles. The molecular formula is C14H18N4O3. The van der Waals surface area contributed by atoms with Gasteiger partial charge in [-0.15, -0.1) is 0 Å². The fourth-order valence-corrected chi connectivity index (χ4v) is 3.00. The molecule has 1 aromatic heterocycles. The Bertz CT molecular complexity index is 609.